The summed E-state index contributed by atoms with van der Waals surface area (Å²) in [5.74, 6) is -0.927. The van der Waals surface area contributed by atoms with Crippen molar-refractivity contribution in [3.8, 4) is 5.75 Å². The van der Waals surface area contributed by atoms with E-state index in [1.807, 2.05) is 6.92 Å². The third kappa shape index (κ3) is 5.53. The molecule has 0 aliphatic rings. The number of hydrogen-bond acceptors (Lipinski definition) is 6. The van der Waals surface area contributed by atoms with E-state index >= 15 is 0 Å². The number of esters is 2. The summed E-state index contributed by atoms with van der Waals surface area (Å²) in [5, 5.41) is 10.3. The van der Waals surface area contributed by atoms with Crippen LogP contribution in [0.3, 0.4) is 0 Å². The van der Waals surface area contributed by atoms with E-state index in [1.165, 1.54) is 13.0 Å². The van der Waals surface area contributed by atoms with Gasteiger partial charge in [0.15, 0.2) is 0 Å². The molecule has 0 aliphatic carbocycles. The maximum Gasteiger partial charge on any atom is 0.308 e. The van der Waals surface area contributed by atoms with Crippen molar-refractivity contribution in [3.05, 3.63) is 29.3 Å². The van der Waals surface area contributed by atoms with Crippen molar-refractivity contribution in [2.75, 3.05) is 13.2 Å². The summed E-state index contributed by atoms with van der Waals surface area (Å²) < 4.78 is 15.9. The van der Waals surface area contributed by atoms with Gasteiger partial charge < -0.3 is 19.3 Å². The van der Waals surface area contributed by atoms with Crippen LogP contribution in [0.15, 0.2) is 18.2 Å². The van der Waals surface area contributed by atoms with Crippen LogP contribution < -0.4 is 0 Å². The Hall–Kier alpha value is -2.08. The summed E-state index contributed by atoms with van der Waals surface area (Å²) in [6.07, 6.45) is 0. The van der Waals surface area contributed by atoms with E-state index in [9.17, 15) is 14.7 Å². The average molecular weight is 338 g/mol. The van der Waals surface area contributed by atoms with Crippen molar-refractivity contribution in [1.29, 1.82) is 0 Å². The van der Waals surface area contributed by atoms with Gasteiger partial charge in [-0.1, -0.05) is 26.0 Å². The van der Waals surface area contributed by atoms with Gasteiger partial charge in [0.05, 0.1) is 5.92 Å². The summed E-state index contributed by atoms with van der Waals surface area (Å²) in [7, 11) is 0. The fourth-order valence-electron chi connectivity index (χ4n) is 2.19. The molecule has 1 atom stereocenters. The highest BCUT2D eigenvalue weighted by Gasteiger charge is 2.31. The molecule has 134 valence electrons. The van der Waals surface area contributed by atoms with Crippen molar-refractivity contribution in [3.63, 3.8) is 0 Å². The number of aromatic hydroxyl groups is 1. The number of carbonyl (C=O) groups is 2. The first kappa shape index (κ1) is 20.0. The Labute approximate surface area is 142 Å². The van der Waals surface area contributed by atoms with Crippen LogP contribution >= 0.6 is 0 Å². The quantitative estimate of drug-likeness (QED) is 0.734. The molecule has 0 saturated heterocycles. The van der Waals surface area contributed by atoms with Crippen molar-refractivity contribution in [2.24, 2.45) is 5.92 Å². The standard InChI is InChI=1S/C18H26O6/c1-6-24-18(5,11-23-13(4)19)15-8-7-14(9-16(15)20)10-22-17(21)12(2)3/h7-9,12,20H,6,10-11H2,1-5H3. The van der Waals surface area contributed by atoms with Crippen LogP contribution in [0.25, 0.3) is 0 Å². The molecule has 6 heteroatoms. The fraction of sp³-hybridized carbons (Fsp3) is 0.556. The zero-order valence-electron chi connectivity index (χ0n) is 14.9. The van der Waals surface area contributed by atoms with E-state index in [0.29, 0.717) is 17.7 Å². The number of benzene rings is 1. The van der Waals surface area contributed by atoms with Crippen LogP contribution in [0.5, 0.6) is 5.75 Å². The Morgan fingerprint density at radius 3 is 2.42 bits per heavy atom. The molecule has 0 amide bonds. The second kappa shape index (κ2) is 8.68. The molecular weight excluding hydrogens is 312 g/mol. The summed E-state index contributed by atoms with van der Waals surface area (Å²) in [6.45, 7) is 8.86. The minimum atomic E-state index is -0.961. The molecule has 0 heterocycles. The maximum absolute atomic E-state index is 11.5. The van der Waals surface area contributed by atoms with Gasteiger partial charge in [-0.15, -0.1) is 0 Å². The van der Waals surface area contributed by atoms with Gasteiger partial charge in [0.2, 0.25) is 0 Å². The second-order valence-corrected chi connectivity index (χ2v) is 6.06. The van der Waals surface area contributed by atoms with E-state index in [0.717, 1.165) is 0 Å². The van der Waals surface area contributed by atoms with E-state index in [2.05, 4.69) is 0 Å². The highest BCUT2D eigenvalue weighted by atomic mass is 16.6. The molecule has 0 bridgehead atoms. The predicted molar refractivity (Wildman–Crippen MR) is 88.4 cm³/mol. The fourth-order valence-corrected chi connectivity index (χ4v) is 2.19. The third-order valence-electron chi connectivity index (χ3n) is 3.50. The van der Waals surface area contributed by atoms with Gasteiger partial charge in [0, 0.05) is 19.1 Å². The molecule has 6 nitrogen and oxygen atoms in total. The molecule has 0 aliphatic heterocycles. The zero-order chi connectivity index (χ0) is 18.3. The van der Waals surface area contributed by atoms with Gasteiger partial charge >= 0.3 is 11.9 Å². The van der Waals surface area contributed by atoms with Crippen LogP contribution in [-0.2, 0) is 36.0 Å². The summed E-state index contributed by atoms with van der Waals surface area (Å²) in [5.41, 5.74) is 0.207. The number of phenolic OH excluding ortho intramolecular Hbond substituents is 1. The van der Waals surface area contributed by atoms with Crippen molar-refractivity contribution in [1.82, 2.24) is 0 Å². The van der Waals surface area contributed by atoms with Gasteiger partial charge in [0.25, 0.3) is 0 Å². The van der Waals surface area contributed by atoms with Gasteiger partial charge in [0.1, 0.15) is 24.6 Å². The van der Waals surface area contributed by atoms with Crippen LogP contribution in [0.2, 0.25) is 0 Å². The normalized spacial score (nSPS) is 13.4. The largest absolute Gasteiger partial charge is 0.508 e. The molecule has 0 aromatic heterocycles. The molecule has 1 aromatic carbocycles. The molecular formula is C18H26O6. The highest BCUT2D eigenvalue weighted by Crippen LogP contribution is 2.33. The molecule has 1 N–H and O–H groups in total. The molecule has 0 radical (unpaired) electrons. The van der Waals surface area contributed by atoms with Crippen LogP contribution in [0.1, 0.15) is 45.7 Å². The van der Waals surface area contributed by atoms with Crippen molar-refractivity contribution < 1.29 is 28.9 Å². The molecule has 24 heavy (non-hydrogen) atoms. The van der Waals surface area contributed by atoms with Crippen LogP contribution in [0, 0.1) is 5.92 Å². The van der Waals surface area contributed by atoms with E-state index in [1.54, 1.807) is 32.9 Å². The molecule has 0 saturated carbocycles. The molecule has 1 unspecified atom stereocenters. The Balaban J connectivity index is 2.94. The Bertz CT molecular complexity index is 581. The van der Waals surface area contributed by atoms with Crippen LogP contribution in [0.4, 0.5) is 0 Å². The van der Waals surface area contributed by atoms with Crippen molar-refractivity contribution >= 4 is 11.9 Å². The highest BCUT2D eigenvalue weighted by molar-refractivity contribution is 5.71. The maximum atomic E-state index is 11.5. The number of hydrogen-bond donors (Lipinski definition) is 1. The molecule has 0 fully saturated rings. The first-order valence-electron chi connectivity index (χ1n) is 7.96. The molecule has 1 aromatic rings. The number of ether oxygens (including phenoxy) is 3. The van der Waals surface area contributed by atoms with Crippen molar-refractivity contribution in [2.45, 2.75) is 46.8 Å². The minimum Gasteiger partial charge on any atom is -0.508 e. The van der Waals surface area contributed by atoms with Gasteiger partial charge in [-0.25, -0.2) is 0 Å². The number of rotatable bonds is 8. The Morgan fingerprint density at radius 2 is 1.92 bits per heavy atom. The average Bonchev–Trinajstić information content (AvgIpc) is 2.50. The Kier molecular flexibility index (Phi) is 7.22. The Morgan fingerprint density at radius 1 is 1.25 bits per heavy atom. The summed E-state index contributed by atoms with van der Waals surface area (Å²) >= 11 is 0. The minimum absolute atomic E-state index is 0.00352. The summed E-state index contributed by atoms with van der Waals surface area (Å²) in [6, 6.07) is 4.95. The molecule has 1 rings (SSSR count). The third-order valence-corrected chi connectivity index (χ3v) is 3.50. The van der Waals surface area contributed by atoms with Gasteiger partial charge in [-0.3, -0.25) is 9.59 Å². The monoisotopic (exact) mass is 338 g/mol. The van der Waals surface area contributed by atoms with E-state index in [4.69, 9.17) is 14.2 Å². The SMILES string of the molecule is CCOC(C)(COC(C)=O)c1ccc(COC(=O)C(C)C)cc1O. The topological polar surface area (TPSA) is 82.1 Å². The first-order chi connectivity index (χ1) is 11.2. The van der Waals surface area contributed by atoms with Gasteiger partial charge in [-0.05, 0) is 25.5 Å². The lowest BCUT2D eigenvalue weighted by Gasteiger charge is -2.30. The predicted octanol–water partition coefficient (Wildman–Crippen LogP) is 2.91. The van der Waals surface area contributed by atoms with E-state index in [-0.39, 0.29) is 30.9 Å². The molecule has 0 spiro atoms. The van der Waals surface area contributed by atoms with Crippen LogP contribution in [-0.4, -0.2) is 30.3 Å². The summed E-state index contributed by atoms with van der Waals surface area (Å²) in [4.78, 5) is 22.6. The lowest BCUT2D eigenvalue weighted by molar-refractivity contribution is -0.153. The second-order valence-electron chi connectivity index (χ2n) is 6.06. The number of carbonyl (C=O) groups excluding carboxylic acids is 2. The zero-order valence-corrected chi connectivity index (χ0v) is 14.9. The smallest absolute Gasteiger partial charge is 0.308 e. The van der Waals surface area contributed by atoms with Gasteiger partial charge in [-0.2, -0.15) is 0 Å². The van der Waals surface area contributed by atoms with E-state index < -0.39 is 11.6 Å². The first-order valence-corrected chi connectivity index (χ1v) is 7.96. The number of phenols is 1. The lowest BCUT2D eigenvalue weighted by Crippen LogP contribution is -2.33. The lowest BCUT2D eigenvalue weighted by atomic mass is 9.94.